The number of morpholine rings is 1. The molecule has 2 N–H and O–H groups in total. The monoisotopic (exact) mass is 423 g/mol. The van der Waals surface area contributed by atoms with Crippen LogP contribution in [0.15, 0.2) is 47.7 Å². The third kappa shape index (κ3) is 6.16. The molecule has 9 heteroatoms. The van der Waals surface area contributed by atoms with E-state index in [9.17, 15) is 13.2 Å². The van der Waals surface area contributed by atoms with Gasteiger partial charge in [-0.1, -0.05) is 6.07 Å². The van der Waals surface area contributed by atoms with Gasteiger partial charge < -0.3 is 24.8 Å². The number of hydrogen-bond acceptors (Lipinski definition) is 3. The number of nitrogens with one attached hydrogen (secondary N) is 2. The second-order valence-electron chi connectivity index (χ2n) is 6.98. The molecule has 0 amide bonds. The Bertz CT molecular complexity index is 815. The summed E-state index contributed by atoms with van der Waals surface area (Å²) in [5.41, 5.74) is 0.0793. The maximum Gasteiger partial charge on any atom is 0.416 e. The molecule has 1 aromatic heterocycles. The van der Waals surface area contributed by atoms with Crippen LogP contribution >= 0.6 is 0 Å². The van der Waals surface area contributed by atoms with Gasteiger partial charge in [-0.15, -0.1) is 0 Å². The summed E-state index contributed by atoms with van der Waals surface area (Å²) < 4.78 is 48.4. The number of ether oxygens (including phenoxy) is 1. The first-order valence-electron chi connectivity index (χ1n) is 10.1. The Hall–Kier alpha value is -2.68. The van der Waals surface area contributed by atoms with Crippen LogP contribution in [0.3, 0.4) is 0 Å². The number of nitrogens with zero attached hydrogens (tertiary/aromatic N) is 3. The summed E-state index contributed by atoms with van der Waals surface area (Å²) in [5, 5.41) is 6.25. The van der Waals surface area contributed by atoms with E-state index in [0.29, 0.717) is 51.0 Å². The number of guanidine groups is 1. The molecule has 0 unspecified atom stereocenters. The van der Waals surface area contributed by atoms with E-state index in [-0.39, 0.29) is 12.1 Å². The lowest BCUT2D eigenvalue weighted by Gasteiger charge is -2.29. The van der Waals surface area contributed by atoms with Crippen LogP contribution in [-0.4, -0.2) is 49.9 Å². The molecule has 1 aromatic carbocycles. The predicted molar refractivity (Wildman–Crippen MR) is 112 cm³/mol. The SMILES string of the molecule is CCNC(=NCc1ccc(N2CCOCC2)cc1C(F)(F)F)NCCn1cccc1. The lowest BCUT2D eigenvalue weighted by molar-refractivity contribution is -0.138. The molecule has 164 valence electrons. The molecule has 0 saturated carbocycles. The molecule has 1 aliphatic heterocycles. The molecular weight excluding hydrogens is 395 g/mol. The van der Waals surface area contributed by atoms with Crippen molar-refractivity contribution in [3.05, 3.63) is 53.9 Å². The summed E-state index contributed by atoms with van der Waals surface area (Å²) in [6, 6.07) is 8.37. The largest absolute Gasteiger partial charge is 0.416 e. The zero-order chi connectivity index (χ0) is 21.4. The molecule has 0 aliphatic carbocycles. The molecule has 0 bridgehead atoms. The number of alkyl halides is 3. The Morgan fingerprint density at radius 2 is 1.87 bits per heavy atom. The third-order valence-electron chi connectivity index (χ3n) is 4.86. The van der Waals surface area contributed by atoms with E-state index in [1.807, 2.05) is 40.9 Å². The smallest absolute Gasteiger partial charge is 0.378 e. The molecule has 2 aromatic rings. The van der Waals surface area contributed by atoms with Gasteiger partial charge >= 0.3 is 6.18 Å². The van der Waals surface area contributed by atoms with Crippen molar-refractivity contribution in [1.82, 2.24) is 15.2 Å². The van der Waals surface area contributed by atoms with Crippen molar-refractivity contribution in [1.29, 1.82) is 0 Å². The van der Waals surface area contributed by atoms with Crippen LogP contribution in [0, 0.1) is 0 Å². The second-order valence-corrected chi connectivity index (χ2v) is 6.98. The van der Waals surface area contributed by atoms with Crippen molar-refractivity contribution in [2.45, 2.75) is 26.2 Å². The Labute approximate surface area is 174 Å². The van der Waals surface area contributed by atoms with Crippen LogP contribution in [0.5, 0.6) is 0 Å². The third-order valence-corrected chi connectivity index (χ3v) is 4.86. The van der Waals surface area contributed by atoms with Crippen LogP contribution in [0.2, 0.25) is 0 Å². The molecule has 1 saturated heterocycles. The Morgan fingerprint density at radius 3 is 2.53 bits per heavy atom. The van der Waals surface area contributed by atoms with Crippen LogP contribution in [0.4, 0.5) is 18.9 Å². The van der Waals surface area contributed by atoms with Crippen LogP contribution in [-0.2, 0) is 24.0 Å². The summed E-state index contributed by atoms with van der Waals surface area (Å²) in [7, 11) is 0. The van der Waals surface area contributed by atoms with Crippen LogP contribution < -0.4 is 15.5 Å². The van der Waals surface area contributed by atoms with Crippen LogP contribution in [0.1, 0.15) is 18.1 Å². The highest BCUT2D eigenvalue weighted by Crippen LogP contribution is 2.35. The van der Waals surface area contributed by atoms with Gasteiger partial charge in [-0.2, -0.15) is 13.2 Å². The van der Waals surface area contributed by atoms with Gasteiger partial charge in [-0.05, 0) is 36.8 Å². The van der Waals surface area contributed by atoms with Gasteiger partial charge in [0.25, 0.3) is 0 Å². The molecule has 3 rings (SSSR count). The highest BCUT2D eigenvalue weighted by molar-refractivity contribution is 5.79. The minimum Gasteiger partial charge on any atom is -0.378 e. The normalized spacial score (nSPS) is 15.3. The fourth-order valence-corrected chi connectivity index (χ4v) is 3.31. The Kier molecular flexibility index (Phi) is 7.62. The minimum absolute atomic E-state index is 0.0584. The number of aliphatic imine (C=N–C) groups is 1. The van der Waals surface area contributed by atoms with E-state index < -0.39 is 11.7 Å². The summed E-state index contributed by atoms with van der Waals surface area (Å²) in [6.45, 7) is 6.05. The van der Waals surface area contributed by atoms with Crippen molar-refractivity contribution >= 4 is 11.6 Å². The summed E-state index contributed by atoms with van der Waals surface area (Å²) >= 11 is 0. The van der Waals surface area contributed by atoms with E-state index in [2.05, 4.69) is 15.6 Å². The minimum atomic E-state index is -4.44. The average Bonchev–Trinajstić information content (AvgIpc) is 3.25. The van der Waals surface area contributed by atoms with Gasteiger partial charge in [-0.25, -0.2) is 4.99 Å². The quantitative estimate of drug-likeness (QED) is 0.531. The molecule has 6 nitrogen and oxygen atoms in total. The van der Waals surface area contributed by atoms with Gasteiger partial charge in [0.2, 0.25) is 0 Å². The summed E-state index contributed by atoms with van der Waals surface area (Å²) in [6.07, 6.45) is -0.526. The maximum absolute atomic E-state index is 13.7. The van der Waals surface area contributed by atoms with E-state index in [0.717, 1.165) is 6.54 Å². The van der Waals surface area contributed by atoms with Crippen molar-refractivity contribution in [3.63, 3.8) is 0 Å². The molecule has 0 radical (unpaired) electrons. The summed E-state index contributed by atoms with van der Waals surface area (Å²) in [5.74, 6) is 0.495. The standard InChI is InChI=1S/C21H28F3N5O/c1-2-25-20(26-7-10-28-8-3-4-9-28)27-16-17-5-6-18(15-19(17)21(22,23)24)29-11-13-30-14-12-29/h3-6,8-9,15H,2,7,10-14,16H2,1H3,(H2,25,26,27). The lowest BCUT2D eigenvalue weighted by Crippen LogP contribution is -2.38. The molecule has 1 fully saturated rings. The Balaban J connectivity index is 1.71. The van der Waals surface area contributed by atoms with Gasteiger partial charge in [0.05, 0.1) is 25.3 Å². The summed E-state index contributed by atoms with van der Waals surface area (Å²) in [4.78, 5) is 6.29. The topological polar surface area (TPSA) is 53.8 Å². The van der Waals surface area contributed by atoms with E-state index >= 15 is 0 Å². The van der Waals surface area contributed by atoms with Gasteiger partial charge in [0.15, 0.2) is 5.96 Å². The highest BCUT2D eigenvalue weighted by atomic mass is 19.4. The highest BCUT2D eigenvalue weighted by Gasteiger charge is 2.34. The second kappa shape index (κ2) is 10.4. The number of halogens is 3. The fourth-order valence-electron chi connectivity index (χ4n) is 3.31. The molecule has 0 spiro atoms. The van der Waals surface area contributed by atoms with Gasteiger partial charge in [-0.3, -0.25) is 0 Å². The first kappa shape index (κ1) is 22.0. The molecule has 2 heterocycles. The van der Waals surface area contributed by atoms with Crippen molar-refractivity contribution in [2.24, 2.45) is 4.99 Å². The van der Waals surface area contributed by atoms with E-state index in [4.69, 9.17) is 4.74 Å². The number of rotatable bonds is 7. The predicted octanol–water partition coefficient (Wildman–Crippen LogP) is 3.10. The molecule has 0 atom stereocenters. The number of aromatic nitrogens is 1. The van der Waals surface area contributed by atoms with Gasteiger partial charge in [0.1, 0.15) is 0 Å². The average molecular weight is 423 g/mol. The number of anilines is 1. The molecule has 30 heavy (non-hydrogen) atoms. The van der Waals surface area contributed by atoms with Crippen LogP contribution in [0.25, 0.3) is 0 Å². The zero-order valence-corrected chi connectivity index (χ0v) is 17.1. The zero-order valence-electron chi connectivity index (χ0n) is 17.1. The first-order chi connectivity index (χ1) is 14.5. The van der Waals surface area contributed by atoms with Gasteiger partial charge in [0, 0.05) is 50.8 Å². The first-order valence-corrected chi connectivity index (χ1v) is 10.1. The Morgan fingerprint density at radius 1 is 1.13 bits per heavy atom. The molecule has 1 aliphatic rings. The maximum atomic E-state index is 13.7. The van der Waals surface area contributed by atoms with Crippen molar-refractivity contribution in [2.75, 3.05) is 44.3 Å². The van der Waals surface area contributed by atoms with Crippen molar-refractivity contribution in [3.8, 4) is 0 Å². The number of hydrogen-bond donors (Lipinski definition) is 2. The van der Waals surface area contributed by atoms with Crippen molar-refractivity contribution < 1.29 is 17.9 Å². The molecular formula is C21H28F3N5O. The number of benzene rings is 1. The lowest BCUT2D eigenvalue weighted by atomic mass is 10.1. The van der Waals surface area contributed by atoms with E-state index in [1.54, 1.807) is 6.07 Å². The fraction of sp³-hybridized carbons (Fsp3) is 0.476. The van der Waals surface area contributed by atoms with E-state index in [1.165, 1.54) is 12.1 Å².